The molecule has 1 N–H and O–H groups in total. The molecule has 0 aliphatic carbocycles. The van der Waals surface area contributed by atoms with E-state index in [2.05, 4.69) is 10.3 Å². The van der Waals surface area contributed by atoms with E-state index in [-0.39, 0.29) is 19.0 Å². The van der Waals surface area contributed by atoms with Crippen LogP contribution in [0.3, 0.4) is 0 Å². The summed E-state index contributed by atoms with van der Waals surface area (Å²) in [6.07, 6.45) is 0. The monoisotopic (exact) mass is 470 g/mol. The van der Waals surface area contributed by atoms with E-state index in [9.17, 15) is 14.4 Å². The molecule has 3 rings (SSSR count). The number of hydrogen-bond acceptors (Lipinski definition) is 6. The van der Waals surface area contributed by atoms with Crippen LogP contribution in [0, 0.1) is 19.3 Å². The quantitative estimate of drug-likeness (QED) is 0.529. The van der Waals surface area contributed by atoms with Crippen molar-refractivity contribution in [2.45, 2.75) is 40.8 Å². The van der Waals surface area contributed by atoms with Crippen molar-refractivity contribution in [3.05, 3.63) is 85.1 Å². The Labute approximate surface area is 196 Å². The number of ether oxygens (including phenoxy) is 1. The third-order valence-electron chi connectivity index (χ3n) is 5.46. The van der Waals surface area contributed by atoms with E-state index in [4.69, 9.17) is 16.3 Å². The van der Waals surface area contributed by atoms with Gasteiger partial charge in [0.25, 0.3) is 0 Å². The maximum Gasteiger partial charge on any atom is 0.354 e. The minimum absolute atomic E-state index is 0.107. The number of methoxy groups -OCH3 is 1. The van der Waals surface area contributed by atoms with E-state index in [1.54, 1.807) is 38.1 Å². The molecule has 9 heteroatoms. The lowest BCUT2D eigenvalue weighted by Crippen LogP contribution is -2.46. The van der Waals surface area contributed by atoms with Crippen molar-refractivity contribution in [3.8, 4) is 0 Å². The van der Waals surface area contributed by atoms with Crippen molar-refractivity contribution in [2.24, 2.45) is 5.41 Å². The fourth-order valence-corrected chi connectivity index (χ4v) is 3.49. The van der Waals surface area contributed by atoms with Crippen molar-refractivity contribution in [2.75, 3.05) is 12.4 Å². The first-order chi connectivity index (χ1) is 15.5. The molecular weight excluding hydrogens is 444 g/mol. The van der Waals surface area contributed by atoms with E-state index in [0.717, 1.165) is 21.3 Å². The van der Waals surface area contributed by atoms with E-state index in [0.29, 0.717) is 10.7 Å². The second-order valence-electron chi connectivity index (χ2n) is 8.60. The number of benzene rings is 2. The third kappa shape index (κ3) is 5.51. The summed E-state index contributed by atoms with van der Waals surface area (Å²) in [7, 11) is 1.26. The zero-order valence-electron chi connectivity index (χ0n) is 19.3. The van der Waals surface area contributed by atoms with Crippen molar-refractivity contribution in [1.29, 1.82) is 0 Å². The second kappa shape index (κ2) is 9.62. The van der Waals surface area contributed by atoms with Crippen molar-refractivity contribution >= 4 is 29.2 Å². The molecule has 0 unspecified atom stereocenters. The largest absolute Gasteiger partial charge is 0.469 e. The number of esters is 1. The normalized spacial score (nSPS) is 11.3. The van der Waals surface area contributed by atoms with Gasteiger partial charge in [-0.25, -0.2) is 14.2 Å². The molecule has 0 bridgehead atoms. The Morgan fingerprint density at radius 2 is 1.73 bits per heavy atom. The standard InChI is InChI=1S/C24H27ClN4O4/c1-15-6-11-19(12-16(15)2)26-21-27-22(31)29(14-24(3,4)20(30)33-5)23(32)28(21)13-17-7-9-18(25)10-8-17/h6-12H,13-14H2,1-5H3,(H,26,27,31). The molecule has 1 heterocycles. The maximum absolute atomic E-state index is 13.4. The van der Waals surface area contributed by atoms with Crippen LogP contribution in [0.5, 0.6) is 0 Å². The van der Waals surface area contributed by atoms with Crippen LogP contribution in [0.25, 0.3) is 0 Å². The van der Waals surface area contributed by atoms with Gasteiger partial charge in [0.2, 0.25) is 5.95 Å². The van der Waals surface area contributed by atoms with E-state index < -0.39 is 22.8 Å². The van der Waals surface area contributed by atoms with Gasteiger partial charge in [-0.2, -0.15) is 4.98 Å². The number of halogens is 1. The molecule has 0 spiro atoms. The number of hydrogen-bond donors (Lipinski definition) is 1. The third-order valence-corrected chi connectivity index (χ3v) is 5.71. The Morgan fingerprint density at radius 1 is 1.06 bits per heavy atom. The second-order valence-corrected chi connectivity index (χ2v) is 9.04. The Hall–Kier alpha value is -3.39. The van der Waals surface area contributed by atoms with Gasteiger partial charge < -0.3 is 10.1 Å². The molecule has 0 aliphatic heterocycles. The summed E-state index contributed by atoms with van der Waals surface area (Å²) >= 11 is 5.99. The maximum atomic E-state index is 13.4. The predicted octanol–water partition coefficient (Wildman–Crippen LogP) is 3.67. The molecule has 0 radical (unpaired) electrons. The summed E-state index contributed by atoms with van der Waals surface area (Å²) in [5.41, 5.74) is 1.22. The van der Waals surface area contributed by atoms with Crippen LogP contribution < -0.4 is 16.7 Å². The fourth-order valence-electron chi connectivity index (χ4n) is 3.36. The Kier molecular flexibility index (Phi) is 7.07. The summed E-state index contributed by atoms with van der Waals surface area (Å²) in [6.45, 7) is 7.16. The van der Waals surface area contributed by atoms with Gasteiger partial charge in [-0.3, -0.25) is 9.36 Å². The lowest BCUT2D eigenvalue weighted by Gasteiger charge is -2.23. The molecule has 0 saturated heterocycles. The number of carbonyl (C=O) groups is 1. The van der Waals surface area contributed by atoms with Gasteiger partial charge in [-0.15, -0.1) is 0 Å². The molecule has 2 aromatic carbocycles. The summed E-state index contributed by atoms with van der Waals surface area (Å²) in [6, 6.07) is 12.8. The zero-order chi connectivity index (χ0) is 24.3. The number of carbonyl (C=O) groups excluding carboxylic acids is 1. The highest BCUT2D eigenvalue weighted by Gasteiger charge is 2.31. The van der Waals surface area contributed by atoms with Gasteiger partial charge >= 0.3 is 17.3 Å². The topological polar surface area (TPSA) is 95.2 Å². The first-order valence-electron chi connectivity index (χ1n) is 10.4. The lowest BCUT2D eigenvalue weighted by molar-refractivity contribution is -0.151. The van der Waals surface area contributed by atoms with Gasteiger partial charge in [0.15, 0.2) is 0 Å². The van der Waals surface area contributed by atoms with Gasteiger partial charge in [0.1, 0.15) is 0 Å². The van der Waals surface area contributed by atoms with E-state index in [1.165, 1.54) is 11.7 Å². The number of aryl methyl sites for hydroxylation is 2. The van der Waals surface area contributed by atoms with Crippen molar-refractivity contribution < 1.29 is 9.53 Å². The molecule has 174 valence electrons. The highest BCUT2D eigenvalue weighted by molar-refractivity contribution is 6.30. The average Bonchev–Trinajstić information content (AvgIpc) is 2.77. The van der Waals surface area contributed by atoms with Crippen LogP contribution in [0.2, 0.25) is 5.02 Å². The Balaban J connectivity index is 2.12. The smallest absolute Gasteiger partial charge is 0.354 e. The number of nitrogens with zero attached hydrogens (tertiary/aromatic N) is 3. The summed E-state index contributed by atoms with van der Waals surface area (Å²) in [5.74, 6) is -0.425. The first kappa shape index (κ1) is 24.3. The number of aromatic nitrogens is 3. The zero-order valence-corrected chi connectivity index (χ0v) is 20.1. The number of nitrogens with one attached hydrogen (secondary N) is 1. The molecule has 0 atom stereocenters. The minimum atomic E-state index is -1.10. The molecule has 3 aromatic rings. The van der Waals surface area contributed by atoms with Gasteiger partial charge in [0.05, 0.1) is 19.1 Å². The van der Waals surface area contributed by atoms with Gasteiger partial charge in [-0.1, -0.05) is 29.8 Å². The van der Waals surface area contributed by atoms with E-state index >= 15 is 0 Å². The molecule has 0 aliphatic rings. The van der Waals surface area contributed by atoms with Crippen molar-refractivity contribution in [1.82, 2.24) is 14.1 Å². The molecule has 8 nitrogen and oxygen atoms in total. The summed E-state index contributed by atoms with van der Waals surface area (Å²) in [5, 5.41) is 3.67. The predicted molar refractivity (Wildman–Crippen MR) is 128 cm³/mol. The molecule has 0 saturated carbocycles. The number of rotatable bonds is 7. The van der Waals surface area contributed by atoms with Crippen LogP contribution in [-0.4, -0.2) is 27.2 Å². The Bertz CT molecular complexity index is 1290. The van der Waals surface area contributed by atoms with E-state index in [1.807, 2.05) is 32.0 Å². The summed E-state index contributed by atoms with van der Waals surface area (Å²) in [4.78, 5) is 42.6. The van der Waals surface area contributed by atoms with Crippen LogP contribution in [0.4, 0.5) is 11.6 Å². The first-order valence-corrected chi connectivity index (χ1v) is 10.8. The van der Waals surface area contributed by atoms with Gasteiger partial charge in [-0.05, 0) is 68.7 Å². The minimum Gasteiger partial charge on any atom is -0.469 e. The molecule has 0 fully saturated rings. The highest BCUT2D eigenvalue weighted by Crippen LogP contribution is 2.20. The van der Waals surface area contributed by atoms with Crippen molar-refractivity contribution in [3.63, 3.8) is 0 Å². The fraction of sp³-hybridized carbons (Fsp3) is 0.333. The molecular formula is C24H27ClN4O4. The SMILES string of the molecule is COC(=O)C(C)(C)Cn1c(=O)nc(Nc2ccc(C)c(C)c2)n(Cc2ccc(Cl)cc2)c1=O. The van der Waals surface area contributed by atoms with Crippen LogP contribution >= 0.6 is 11.6 Å². The average molecular weight is 471 g/mol. The molecule has 1 aromatic heterocycles. The van der Waals surface area contributed by atoms with Crippen LogP contribution in [0.1, 0.15) is 30.5 Å². The highest BCUT2D eigenvalue weighted by atomic mass is 35.5. The Morgan fingerprint density at radius 3 is 2.33 bits per heavy atom. The van der Waals surface area contributed by atoms with Crippen LogP contribution in [-0.2, 0) is 22.6 Å². The lowest BCUT2D eigenvalue weighted by atomic mass is 9.94. The number of anilines is 2. The van der Waals surface area contributed by atoms with Gasteiger partial charge in [0, 0.05) is 17.3 Å². The molecule has 0 amide bonds. The van der Waals surface area contributed by atoms with Crippen LogP contribution in [0.15, 0.2) is 52.1 Å². The summed E-state index contributed by atoms with van der Waals surface area (Å²) < 4.78 is 7.14. The molecule has 33 heavy (non-hydrogen) atoms.